The Hall–Kier alpha value is -2.54. The van der Waals surface area contributed by atoms with Crippen molar-refractivity contribution in [3.63, 3.8) is 0 Å². The lowest BCUT2D eigenvalue weighted by Crippen LogP contribution is -2.51. The molecule has 1 aliphatic heterocycles. The molecule has 0 saturated carbocycles. The first-order chi connectivity index (χ1) is 13.5. The van der Waals surface area contributed by atoms with E-state index in [1.54, 1.807) is 12.1 Å². The molecular formula is C21H28FN5O. The van der Waals surface area contributed by atoms with Gasteiger partial charge in [-0.15, -0.1) is 10.2 Å². The number of amides is 1. The molecule has 1 aromatic carbocycles. The lowest BCUT2D eigenvalue weighted by molar-refractivity contribution is -0.130. The minimum atomic E-state index is -0.268. The predicted octanol–water partition coefficient (Wildman–Crippen LogP) is 2.57. The maximum Gasteiger partial charge on any atom is 0.236 e. The number of benzene rings is 1. The number of halogens is 1. The number of anilines is 1. The van der Waals surface area contributed by atoms with E-state index in [0.717, 1.165) is 37.4 Å². The molecule has 1 aliphatic rings. The average Bonchev–Trinajstić information content (AvgIpc) is 2.72. The van der Waals surface area contributed by atoms with Gasteiger partial charge in [0.2, 0.25) is 5.91 Å². The summed E-state index contributed by atoms with van der Waals surface area (Å²) in [6, 6.07) is 10.0. The summed E-state index contributed by atoms with van der Waals surface area (Å²) in [5.41, 5.74) is 1.55. The third-order valence-electron chi connectivity index (χ3n) is 4.92. The molecule has 0 spiro atoms. The Morgan fingerprint density at radius 2 is 1.79 bits per heavy atom. The zero-order valence-electron chi connectivity index (χ0n) is 16.6. The van der Waals surface area contributed by atoms with Gasteiger partial charge in [-0.2, -0.15) is 0 Å². The maximum atomic E-state index is 13.0. The summed E-state index contributed by atoms with van der Waals surface area (Å²) in [6.07, 6.45) is 1.08. The minimum Gasteiger partial charge on any atom is -0.352 e. The molecule has 0 unspecified atom stereocenters. The number of carbonyl (C=O) groups excluding carboxylic acids is 1. The van der Waals surface area contributed by atoms with Crippen molar-refractivity contribution in [2.75, 3.05) is 44.2 Å². The highest BCUT2D eigenvalue weighted by molar-refractivity contribution is 5.78. The van der Waals surface area contributed by atoms with Gasteiger partial charge in [-0.05, 0) is 55.3 Å². The molecule has 2 aromatic rings. The van der Waals surface area contributed by atoms with E-state index in [9.17, 15) is 9.18 Å². The van der Waals surface area contributed by atoms with Gasteiger partial charge in [0.1, 0.15) is 5.82 Å². The highest BCUT2D eigenvalue weighted by atomic mass is 19.1. The fourth-order valence-corrected chi connectivity index (χ4v) is 3.15. The van der Waals surface area contributed by atoms with Gasteiger partial charge in [0.05, 0.1) is 12.2 Å². The van der Waals surface area contributed by atoms with Crippen LogP contribution in [0.5, 0.6) is 0 Å². The Morgan fingerprint density at radius 3 is 2.39 bits per heavy atom. The fraction of sp³-hybridized carbons (Fsp3) is 0.476. The SMILES string of the molecule is CC(C)CCNCC(=O)N1CCN(c2ccc(-c3ccc(F)cc3)nn2)CC1. The Balaban J connectivity index is 1.48. The lowest BCUT2D eigenvalue weighted by atomic mass is 10.1. The van der Waals surface area contributed by atoms with Crippen molar-refractivity contribution in [3.05, 3.63) is 42.2 Å². The number of hydrogen-bond acceptors (Lipinski definition) is 5. The maximum absolute atomic E-state index is 13.0. The molecule has 1 fully saturated rings. The summed E-state index contributed by atoms with van der Waals surface area (Å²) in [5.74, 6) is 1.33. The molecule has 28 heavy (non-hydrogen) atoms. The standard InChI is InChI=1S/C21H28FN5O/c1-16(2)9-10-23-15-21(28)27-13-11-26(12-14-27)20-8-7-19(24-25-20)17-3-5-18(22)6-4-17/h3-8,16,23H,9-15H2,1-2H3. The molecule has 6 nitrogen and oxygen atoms in total. The second-order valence-electron chi connectivity index (χ2n) is 7.51. The van der Waals surface area contributed by atoms with Crippen LogP contribution in [-0.4, -0.2) is 60.3 Å². The fourth-order valence-electron chi connectivity index (χ4n) is 3.15. The highest BCUT2D eigenvalue weighted by Crippen LogP contribution is 2.19. The topological polar surface area (TPSA) is 61.4 Å². The zero-order valence-corrected chi connectivity index (χ0v) is 16.6. The van der Waals surface area contributed by atoms with Crippen LogP contribution in [0.15, 0.2) is 36.4 Å². The van der Waals surface area contributed by atoms with Crippen LogP contribution in [0.1, 0.15) is 20.3 Å². The number of nitrogens with zero attached hydrogens (tertiary/aromatic N) is 4. The van der Waals surface area contributed by atoms with Gasteiger partial charge >= 0.3 is 0 Å². The van der Waals surface area contributed by atoms with Crippen LogP contribution in [0.3, 0.4) is 0 Å². The van der Waals surface area contributed by atoms with E-state index < -0.39 is 0 Å². The molecule has 0 bridgehead atoms. The van der Waals surface area contributed by atoms with Crippen LogP contribution in [0.4, 0.5) is 10.2 Å². The van der Waals surface area contributed by atoms with Crippen molar-refractivity contribution in [1.29, 1.82) is 0 Å². The van der Waals surface area contributed by atoms with Crippen LogP contribution in [0, 0.1) is 11.7 Å². The molecule has 150 valence electrons. The Labute approximate surface area is 165 Å². The normalized spacial score (nSPS) is 14.6. The molecule has 1 N–H and O–H groups in total. The number of nitrogens with one attached hydrogen (secondary N) is 1. The molecule has 3 rings (SSSR count). The number of rotatable bonds is 7. The number of piperazine rings is 1. The number of carbonyl (C=O) groups is 1. The van der Waals surface area contributed by atoms with E-state index in [-0.39, 0.29) is 11.7 Å². The van der Waals surface area contributed by atoms with Crippen molar-refractivity contribution in [3.8, 4) is 11.3 Å². The largest absolute Gasteiger partial charge is 0.352 e. The van der Waals surface area contributed by atoms with E-state index in [2.05, 4.69) is 34.3 Å². The summed E-state index contributed by atoms with van der Waals surface area (Å²) in [4.78, 5) is 16.3. The molecule has 7 heteroatoms. The summed E-state index contributed by atoms with van der Waals surface area (Å²) in [5, 5.41) is 11.8. The van der Waals surface area contributed by atoms with E-state index in [1.165, 1.54) is 12.1 Å². The molecule has 0 aliphatic carbocycles. The third kappa shape index (κ3) is 5.48. The van der Waals surface area contributed by atoms with Gasteiger partial charge in [-0.25, -0.2) is 4.39 Å². The van der Waals surface area contributed by atoms with Gasteiger partial charge in [0.15, 0.2) is 5.82 Å². The molecule has 1 saturated heterocycles. The van der Waals surface area contributed by atoms with Gasteiger partial charge < -0.3 is 15.1 Å². The quantitative estimate of drug-likeness (QED) is 0.743. The van der Waals surface area contributed by atoms with Crippen LogP contribution < -0.4 is 10.2 Å². The smallest absolute Gasteiger partial charge is 0.236 e. The van der Waals surface area contributed by atoms with Gasteiger partial charge in [-0.3, -0.25) is 4.79 Å². The summed E-state index contributed by atoms with van der Waals surface area (Å²) in [7, 11) is 0. The van der Waals surface area contributed by atoms with Crippen molar-refractivity contribution >= 4 is 11.7 Å². The first-order valence-corrected chi connectivity index (χ1v) is 9.86. The second-order valence-corrected chi connectivity index (χ2v) is 7.51. The Bertz CT molecular complexity index is 755. The second kappa shape index (κ2) is 9.59. The predicted molar refractivity (Wildman–Crippen MR) is 109 cm³/mol. The third-order valence-corrected chi connectivity index (χ3v) is 4.92. The highest BCUT2D eigenvalue weighted by Gasteiger charge is 2.21. The first kappa shape index (κ1) is 20.2. The van der Waals surface area contributed by atoms with Crippen LogP contribution in [0.25, 0.3) is 11.3 Å². The molecule has 0 atom stereocenters. The monoisotopic (exact) mass is 385 g/mol. The van der Waals surface area contributed by atoms with E-state index >= 15 is 0 Å². The Kier molecular flexibility index (Phi) is 6.92. The van der Waals surface area contributed by atoms with Gasteiger partial charge in [0.25, 0.3) is 0 Å². The van der Waals surface area contributed by atoms with Crippen LogP contribution in [0.2, 0.25) is 0 Å². The van der Waals surface area contributed by atoms with Gasteiger partial charge in [0, 0.05) is 31.7 Å². The van der Waals surface area contributed by atoms with E-state index in [1.807, 2.05) is 17.0 Å². The first-order valence-electron chi connectivity index (χ1n) is 9.86. The van der Waals surface area contributed by atoms with Crippen LogP contribution >= 0.6 is 0 Å². The number of aromatic nitrogens is 2. The van der Waals surface area contributed by atoms with Gasteiger partial charge in [-0.1, -0.05) is 13.8 Å². The minimum absolute atomic E-state index is 0.154. The molecule has 1 amide bonds. The molecule has 0 radical (unpaired) electrons. The summed E-state index contributed by atoms with van der Waals surface area (Å²) in [6.45, 7) is 8.48. The molecular weight excluding hydrogens is 357 g/mol. The Morgan fingerprint density at radius 1 is 1.07 bits per heavy atom. The average molecular weight is 385 g/mol. The van der Waals surface area contributed by atoms with Crippen LogP contribution in [-0.2, 0) is 4.79 Å². The van der Waals surface area contributed by atoms with Crippen molar-refractivity contribution in [1.82, 2.24) is 20.4 Å². The lowest BCUT2D eigenvalue weighted by Gasteiger charge is -2.35. The summed E-state index contributed by atoms with van der Waals surface area (Å²) >= 11 is 0. The zero-order chi connectivity index (χ0) is 19.9. The van der Waals surface area contributed by atoms with Crippen molar-refractivity contribution in [2.45, 2.75) is 20.3 Å². The molecule has 2 heterocycles. The molecule has 1 aromatic heterocycles. The summed E-state index contributed by atoms with van der Waals surface area (Å²) < 4.78 is 13.0. The van der Waals surface area contributed by atoms with E-state index in [4.69, 9.17) is 0 Å². The number of hydrogen-bond donors (Lipinski definition) is 1. The van der Waals surface area contributed by atoms with Crippen molar-refractivity contribution in [2.24, 2.45) is 5.92 Å². The van der Waals surface area contributed by atoms with Crippen molar-refractivity contribution < 1.29 is 9.18 Å². The van der Waals surface area contributed by atoms with E-state index in [0.29, 0.717) is 31.2 Å².